The highest BCUT2D eigenvalue weighted by atomic mass is 28.3. The van der Waals surface area contributed by atoms with Gasteiger partial charge in [0.05, 0.1) is 31.2 Å². The summed E-state index contributed by atoms with van der Waals surface area (Å²) >= 11 is 0. The van der Waals surface area contributed by atoms with Crippen molar-refractivity contribution in [3.63, 3.8) is 0 Å². The summed E-state index contributed by atoms with van der Waals surface area (Å²) < 4.78 is 17.0. The van der Waals surface area contributed by atoms with Crippen LogP contribution in [-0.2, 0) is 23.5 Å². The maximum atomic E-state index is 13.3. The lowest BCUT2D eigenvalue weighted by Crippen LogP contribution is -2.63. The zero-order chi connectivity index (χ0) is 24.5. The Labute approximate surface area is 197 Å². The van der Waals surface area contributed by atoms with Gasteiger partial charge in [0.25, 0.3) is 0 Å². The molecule has 2 amide bonds. The predicted molar refractivity (Wildman–Crippen MR) is 124 cm³/mol. The van der Waals surface area contributed by atoms with Crippen LogP contribution in [0.4, 0.5) is 4.79 Å². The molecule has 0 radical (unpaired) electrons. The van der Waals surface area contributed by atoms with Gasteiger partial charge in [-0.15, -0.1) is 0 Å². The predicted octanol–water partition coefficient (Wildman–Crippen LogP) is 2.24. The summed E-state index contributed by atoms with van der Waals surface area (Å²) in [6.45, 7) is 15.4. The van der Waals surface area contributed by atoms with E-state index in [9.17, 15) is 19.5 Å². The molecule has 0 saturated carbocycles. The summed E-state index contributed by atoms with van der Waals surface area (Å²) in [5.41, 5.74) is 0.394. The summed E-state index contributed by atoms with van der Waals surface area (Å²) in [7, 11) is -1.27. The van der Waals surface area contributed by atoms with Gasteiger partial charge in [0, 0.05) is 13.2 Å². The minimum atomic E-state index is -1.27. The first kappa shape index (κ1) is 25.4. The van der Waals surface area contributed by atoms with Crippen LogP contribution >= 0.6 is 0 Å². The number of morpholine rings is 1. The molecule has 0 bridgehead atoms. The number of hydrogen-bond acceptors (Lipinski definition) is 6. The lowest BCUT2D eigenvalue weighted by atomic mass is 9.66. The van der Waals surface area contributed by atoms with Crippen molar-refractivity contribution in [3.05, 3.63) is 23.9 Å². The molecule has 0 aromatic heterocycles. The molecule has 0 aliphatic carbocycles. The topological polar surface area (TPSA) is 106 Å². The Morgan fingerprint density at radius 2 is 2.06 bits per heavy atom. The van der Waals surface area contributed by atoms with E-state index in [-0.39, 0.29) is 54.7 Å². The third-order valence-electron chi connectivity index (χ3n) is 6.64. The van der Waals surface area contributed by atoms with Gasteiger partial charge in [0.15, 0.2) is 9.04 Å². The summed E-state index contributed by atoms with van der Waals surface area (Å²) in [6, 6.07) is -0.230. The second-order valence-corrected chi connectivity index (χ2v) is 12.6. The fourth-order valence-corrected chi connectivity index (χ4v) is 5.53. The molecular formula is C23H36N2O7Si. The highest BCUT2D eigenvalue weighted by molar-refractivity contribution is 6.48. The summed E-state index contributed by atoms with van der Waals surface area (Å²) in [6.07, 6.45) is 0.835. The van der Waals surface area contributed by atoms with E-state index in [1.165, 1.54) is 15.9 Å². The number of carbonyl (C=O) groups is 3. The maximum absolute atomic E-state index is 13.3. The van der Waals surface area contributed by atoms with E-state index in [1.54, 1.807) is 0 Å². The number of ether oxygens (including phenoxy) is 2. The van der Waals surface area contributed by atoms with E-state index in [1.807, 2.05) is 0 Å². The Hall–Kier alpha value is -2.17. The number of hydrogen-bond donors (Lipinski definition) is 1. The lowest BCUT2D eigenvalue weighted by molar-refractivity contribution is -0.162. The zero-order valence-electron chi connectivity index (χ0n) is 20.2. The molecule has 1 N–H and O–H groups in total. The Balaban J connectivity index is 1.81. The molecule has 4 atom stereocenters. The van der Waals surface area contributed by atoms with Crippen LogP contribution in [0.5, 0.6) is 0 Å². The SMILES string of the molecule is C=CCOC(=O)N1CCOC(C2=C(C(=O)O)N3C(=O)[C@@H]([C@@H](CO[SiH](C)C)C(C)(C)C)[C@H]3C2)C1. The standard InChI is InChI=1S/C23H36N2O7Si/c1-7-9-31-22(29)24-8-10-30-17(12-24)14-11-16-18(20(26)25(16)19(14)21(27)28)15(23(2,3)4)13-32-33(5)6/h7,15-18,33H,1,8-13H2,2-6H3,(H,27,28)/t15-,16-,17?,18+/m1/s1. The molecule has 184 valence electrons. The molecule has 2 saturated heterocycles. The van der Waals surface area contributed by atoms with Gasteiger partial charge < -0.3 is 28.8 Å². The van der Waals surface area contributed by atoms with Gasteiger partial charge in [-0.25, -0.2) is 9.59 Å². The Morgan fingerprint density at radius 1 is 1.36 bits per heavy atom. The smallest absolute Gasteiger partial charge is 0.410 e. The zero-order valence-corrected chi connectivity index (χ0v) is 21.4. The number of carboxylic acids is 1. The van der Waals surface area contributed by atoms with Gasteiger partial charge in [0.1, 0.15) is 12.3 Å². The highest BCUT2D eigenvalue weighted by Gasteiger charge is 2.60. The Morgan fingerprint density at radius 3 is 2.64 bits per heavy atom. The molecule has 2 fully saturated rings. The van der Waals surface area contributed by atoms with Crippen molar-refractivity contribution in [2.45, 2.75) is 52.4 Å². The molecule has 10 heteroatoms. The second kappa shape index (κ2) is 9.98. The van der Waals surface area contributed by atoms with Gasteiger partial charge in [-0.05, 0) is 36.4 Å². The van der Waals surface area contributed by atoms with Gasteiger partial charge in [-0.2, -0.15) is 0 Å². The number of carbonyl (C=O) groups excluding carboxylic acids is 2. The van der Waals surface area contributed by atoms with Crippen LogP contribution in [0.3, 0.4) is 0 Å². The normalized spacial score (nSPS) is 26.2. The third kappa shape index (κ3) is 5.17. The first-order chi connectivity index (χ1) is 15.5. The Kier molecular flexibility index (Phi) is 7.70. The van der Waals surface area contributed by atoms with Crippen LogP contribution in [0.1, 0.15) is 27.2 Å². The van der Waals surface area contributed by atoms with Gasteiger partial charge in [-0.3, -0.25) is 4.79 Å². The number of β-lactam (4-membered cyclic amide) rings is 1. The van der Waals surface area contributed by atoms with Crippen LogP contribution in [0, 0.1) is 17.3 Å². The van der Waals surface area contributed by atoms with Crippen molar-refractivity contribution in [2.75, 3.05) is 32.9 Å². The van der Waals surface area contributed by atoms with Crippen molar-refractivity contribution >= 4 is 27.0 Å². The van der Waals surface area contributed by atoms with Crippen LogP contribution in [0.15, 0.2) is 23.9 Å². The molecule has 3 aliphatic heterocycles. The first-order valence-electron chi connectivity index (χ1n) is 11.5. The lowest BCUT2D eigenvalue weighted by Gasteiger charge is -2.50. The van der Waals surface area contributed by atoms with Crippen LogP contribution in [0.2, 0.25) is 13.1 Å². The molecule has 3 aliphatic rings. The Bertz CT molecular complexity index is 835. The van der Waals surface area contributed by atoms with E-state index in [2.05, 4.69) is 40.4 Å². The van der Waals surface area contributed by atoms with Crippen molar-refractivity contribution in [2.24, 2.45) is 17.3 Å². The van der Waals surface area contributed by atoms with Crippen molar-refractivity contribution in [1.29, 1.82) is 0 Å². The van der Waals surface area contributed by atoms with Crippen LogP contribution in [0.25, 0.3) is 0 Å². The van der Waals surface area contributed by atoms with Gasteiger partial charge >= 0.3 is 12.1 Å². The summed E-state index contributed by atoms with van der Waals surface area (Å²) in [4.78, 5) is 40.7. The molecule has 0 aromatic carbocycles. The largest absolute Gasteiger partial charge is 0.477 e. The quantitative estimate of drug-likeness (QED) is 0.323. The average Bonchev–Trinajstić information content (AvgIpc) is 3.10. The molecule has 1 unspecified atom stereocenters. The van der Waals surface area contributed by atoms with Gasteiger partial charge in [-0.1, -0.05) is 33.4 Å². The maximum Gasteiger partial charge on any atom is 0.410 e. The van der Waals surface area contributed by atoms with Gasteiger partial charge in [0.2, 0.25) is 5.91 Å². The summed E-state index contributed by atoms with van der Waals surface area (Å²) in [5, 5.41) is 9.96. The number of aliphatic carboxylic acids is 1. The van der Waals surface area contributed by atoms with Crippen LogP contribution < -0.4 is 0 Å². The van der Waals surface area contributed by atoms with Crippen molar-refractivity contribution in [3.8, 4) is 0 Å². The van der Waals surface area contributed by atoms with E-state index in [0.717, 1.165) is 0 Å². The monoisotopic (exact) mass is 480 g/mol. The molecule has 33 heavy (non-hydrogen) atoms. The molecular weight excluding hydrogens is 444 g/mol. The first-order valence-corrected chi connectivity index (χ1v) is 14.3. The number of fused-ring (bicyclic) bond motifs is 1. The molecule has 3 heterocycles. The molecule has 0 spiro atoms. The van der Waals surface area contributed by atoms with Crippen LogP contribution in [-0.4, -0.2) is 87.0 Å². The minimum Gasteiger partial charge on any atom is -0.477 e. The fraction of sp³-hybridized carbons (Fsp3) is 0.696. The minimum absolute atomic E-state index is 0.000582. The summed E-state index contributed by atoms with van der Waals surface area (Å²) in [5.74, 6) is -1.64. The van der Waals surface area contributed by atoms with Crippen molar-refractivity contribution in [1.82, 2.24) is 9.80 Å². The number of rotatable bonds is 8. The van der Waals surface area contributed by atoms with E-state index < -0.39 is 27.2 Å². The highest BCUT2D eigenvalue weighted by Crippen LogP contribution is 2.50. The molecule has 0 aromatic rings. The van der Waals surface area contributed by atoms with Crippen molar-refractivity contribution < 1.29 is 33.4 Å². The number of carboxylic acid groups (broad SMARTS) is 1. The molecule has 3 rings (SSSR count). The number of amides is 2. The van der Waals surface area contributed by atoms with E-state index in [0.29, 0.717) is 25.1 Å². The van der Waals surface area contributed by atoms with E-state index >= 15 is 0 Å². The van der Waals surface area contributed by atoms with E-state index in [4.69, 9.17) is 13.9 Å². The fourth-order valence-electron chi connectivity index (χ4n) is 4.94. The number of nitrogens with zero attached hydrogens (tertiary/aromatic N) is 2. The second-order valence-electron chi connectivity index (χ2n) is 10.2. The third-order valence-corrected chi connectivity index (χ3v) is 7.50. The molecule has 9 nitrogen and oxygen atoms in total. The average molecular weight is 481 g/mol.